The van der Waals surface area contributed by atoms with Crippen LogP contribution in [0.4, 0.5) is 4.39 Å². The van der Waals surface area contributed by atoms with E-state index in [1.54, 1.807) is 12.1 Å². The third kappa shape index (κ3) is 3.11. The summed E-state index contributed by atoms with van der Waals surface area (Å²) in [6.07, 6.45) is 3.13. The van der Waals surface area contributed by atoms with E-state index in [1.807, 2.05) is 12.1 Å². The van der Waals surface area contributed by atoms with Crippen LogP contribution in [0.2, 0.25) is 0 Å². The Bertz CT molecular complexity index is 659. The van der Waals surface area contributed by atoms with Crippen molar-refractivity contribution in [3.8, 4) is 5.75 Å². The van der Waals surface area contributed by atoms with Gasteiger partial charge in [-0.2, -0.15) is 0 Å². The maximum atomic E-state index is 13.2. The van der Waals surface area contributed by atoms with Crippen LogP contribution in [0.1, 0.15) is 35.6 Å². The summed E-state index contributed by atoms with van der Waals surface area (Å²) in [5.41, 5.74) is 9.50. The standard InChI is InChI=1S/C17H17BrFNO/c18-14-9-11(7-8-15(14)19)10-21-17-6-2-3-12-13(17)4-1-5-16(12)20/h2-3,6-9,16H,1,4-5,10,20H2. The number of ether oxygens (including phenoxy) is 1. The molecule has 1 aliphatic carbocycles. The van der Waals surface area contributed by atoms with Crippen molar-refractivity contribution in [3.63, 3.8) is 0 Å². The van der Waals surface area contributed by atoms with Crippen molar-refractivity contribution in [1.29, 1.82) is 0 Å². The van der Waals surface area contributed by atoms with Crippen LogP contribution in [-0.4, -0.2) is 0 Å². The van der Waals surface area contributed by atoms with Gasteiger partial charge in [-0.15, -0.1) is 0 Å². The molecule has 4 heteroatoms. The molecule has 0 bridgehead atoms. The first kappa shape index (κ1) is 14.5. The molecule has 0 aliphatic heterocycles. The molecular weight excluding hydrogens is 333 g/mol. The minimum Gasteiger partial charge on any atom is -0.489 e. The Labute approximate surface area is 132 Å². The summed E-state index contributed by atoms with van der Waals surface area (Å²) in [7, 11) is 0. The molecule has 0 fully saturated rings. The number of benzene rings is 2. The Kier molecular flexibility index (Phi) is 4.27. The van der Waals surface area contributed by atoms with Crippen LogP contribution in [0, 0.1) is 5.82 Å². The molecule has 0 heterocycles. The zero-order chi connectivity index (χ0) is 14.8. The van der Waals surface area contributed by atoms with E-state index in [9.17, 15) is 4.39 Å². The number of nitrogens with two attached hydrogens (primary N) is 1. The SMILES string of the molecule is NC1CCCc2c(OCc3ccc(F)c(Br)c3)cccc21. The molecule has 0 radical (unpaired) electrons. The monoisotopic (exact) mass is 349 g/mol. The van der Waals surface area contributed by atoms with E-state index in [0.29, 0.717) is 11.1 Å². The molecule has 2 nitrogen and oxygen atoms in total. The van der Waals surface area contributed by atoms with Crippen molar-refractivity contribution in [2.45, 2.75) is 31.9 Å². The van der Waals surface area contributed by atoms with Crippen molar-refractivity contribution in [2.75, 3.05) is 0 Å². The second-order valence-corrected chi connectivity index (χ2v) is 6.21. The zero-order valence-electron chi connectivity index (χ0n) is 11.6. The van der Waals surface area contributed by atoms with Crippen LogP contribution in [0.3, 0.4) is 0 Å². The highest BCUT2D eigenvalue weighted by Crippen LogP contribution is 2.34. The van der Waals surface area contributed by atoms with Gasteiger partial charge in [-0.3, -0.25) is 0 Å². The molecule has 0 saturated carbocycles. The molecule has 1 unspecified atom stereocenters. The minimum atomic E-state index is -0.262. The van der Waals surface area contributed by atoms with Gasteiger partial charge in [-0.25, -0.2) is 4.39 Å². The fraction of sp³-hybridized carbons (Fsp3) is 0.294. The lowest BCUT2D eigenvalue weighted by Crippen LogP contribution is -2.18. The first-order valence-electron chi connectivity index (χ1n) is 7.09. The van der Waals surface area contributed by atoms with Gasteiger partial charge in [-0.05, 0) is 70.1 Å². The van der Waals surface area contributed by atoms with Gasteiger partial charge in [0.25, 0.3) is 0 Å². The van der Waals surface area contributed by atoms with Crippen molar-refractivity contribution in [3.05, 3.63) is 63.4 Å². The molecule has 2 aromatic carbocycles. The summed E-state index contributed by atoms with van der Waals surface area (Å²) in [6.45, 7) is 0.421. The highest BCUT2D eigenvalue weighted by atomic mass is 79.9. The second kappa shape index (κ2) is 6.16. The molecule has 0 saturated heterocycles. The van der Waals surface area contributed by atoms with Gasteiger partial charge >= 0.3 is 0 Å². The highest BCUT2D eigenvalue weighted by molar-refractivity contribution is 9.10. The number of hydrogen-bond acceptors (Lipinski definition) is 2. The van der Waals surface area contributed by atoms with Gasteiger partial charge in [-0.1, -0.05) is 18.2 Å². The first-order valence-corrected chi connectivity index (χ1v) is 7.88. The summed E-state index contributed by atoms with van der Waals surface area (Å²) < 4.78 is 19.6. The Morgan fingerprint density at radius 3 is 2.95 bits per heavy atom. The molecule has 3 rings (SSSR count). The summed E-state index contributed by atoms with van der Waals surface area (Å²) in [5.74, 6) is 0.630. The molecule has 0 aromatic heterocycles. The fourth-order valence-electron chi connectivity index (χ4n) is 2.78. The first-order chi connectivity index (χ1) is 10.1. The van der Waals surface area contributed by atoms with E-state index >= 15 is 0 Å². The zero-order valence-corrected chi connectivity index (χ0v) is 13.2. The predicted molar refractivity (Wildman–Crippen MR) is 84.7 cm³/mol. The number of halogens is 2. The van der Waals surface area contributed by atoms with Crippen molar-refractivity contribution in [1.82, 2.24) is 0 Å². The van der Waals surface area contributed by atoms with Gasteiger partial charge in [0.15, 0.2) is 0 Å². The lowest BCUT2D eigenvalue weighted by Gasteiger charge is -2.24. The third-order valence-electron chi connectivity index (χ3n) is 3.89. The van der Waals surface area contributed by atoms with E-state index in [4.69, 9.17) is 10.5 Å². The van der Waals surface area contributed by atoms with Gasteiger partial charge in [0.2, 0.25) is 0 Å². The Hall–Kier alpha value is -1.39. The number of hydrogen-bond donors (Lipinski definition) is 1. The van der Waals surface area contributed by atoms with E-state index in [-0.39, 0.29) is 11.9 Å². The summed E-state index contributed by atoms with van der Waals surface area (Å²) in [5, 5.41) is 0. The summed E-state index contributed by atoms with van der Waals surface area (Å²) in [6, 6.07) is 11.1. The van der Waals surface area contributed by atoms with Crippen LogP contribution < -0.4 is 10.5 Å². The van der Waals surface area contributed by atoms with E-state index in [2.05, 4.69) is 22.0 Å². The van der Waals surface area contributed by atoms with Crippen molar-refractivity contribution < 1.29 is 9.13 Å². The van der Waals surface area contributed by atoms with E-state index in [1.165, 1.54) is 17.2 Å². The maximum absolute atomic E-state index is 13.2. The van der Waals surface area contributed by atoms with Crippen molar-refractivity contribution in [2.24, 2.45) is 5.73 Å². The molecule has 110 valence electrons. The van der Waals surface area contributed by atoms with Crippen LogP contribution >= 0.6 is 15.9 Å². The average Bonchev–Trinajstić information content (AvgIpc) is 2.49. The highest BCUT2D eigenvalue weighted by Gasteiger charge is 2.19. The molecule has 1 atom stereocenters. The number of fused-ring (bicyclic) bond motifs is 1. The molecule has 2 aromatic rings. The lowest BCUT2D eigenvalue weighted by molar-refractivity contribution is 0.300. The topological polar surface area (TPSA) is 35.2 Å². The van der Waals surface area contributed by atoms with Gasteiger partial charge in [0.05, 0.1) is 4.47 Å². The summed E-state index contributed by atoms with van der Waals surface area (Å²) in [4.78, 5) is 0. The Balaban J connectivity index is 1.79. The Morgan fingerprint density at radius 2 is 2.14 bits per heavy atom. The van der Waals surface area contributed by atoms with E-state index < -0.39 is 0 Å². The molecule has 1 aliphatic rings. The number of rotatable bonds is 3. The smallest absolute Gasteiger partial charge is 0.137 e. The van der Waals surface area contributed by atoms with Gasteiger partial charge in [0, 0.05) is 6.04 Å². The molecular formula is C17H17BrFNO. The average molecular weight is 350 g/mol. The van der Waals surface area contributed by atoms with Crippen LogP contribution in [0.15, 0.2) is 40.9 Å². The quantitative estimate of drug-likeness (QED) is 0.884. The van der Waals surface area contributed by atoms with Crippen molar-refractivity contribution >= 4 is 15.9 Å². The van der Waals surface area contributed by atoms with Gasteiger partial charge < -0.3 is 10.5 Å². The molecule has 21 heavy (non-hydrogen) atoms. The Morgan fingerprint density at radius 1 is 1.29 bits per heavy atom. The third-order valence-corrected chi connectivity index (χ3v) is 4.50. The molecule has 2 N–H and O–H groups in total. The van der Waals surface area contributed by atoms with Crippen LogP contribution in [0.5, 0.6) is 5.75 Å². The van der Waals surface area contributed by atoms with E-state index in [0.717, 1.165) is 30.6 Å². The van der Waals surface area contributed by atoms with Crippen LogP contribution in [0.25, 0.3) is 0 Å². The lowest BCUT2D eigenvalue weighted by atomic mass is 9.87. The predicted octanol–water partition coefficient (Wildman–Crippen LogP) is 4.50. The molecule has 0 amide bonds. The minimum absolute atomic E-state index is 0.109. The normalized spacial score (nSPS) is 17.4. The fourth-order valence-corrected chi connectivity index (χ4v) is 3.20. The van der Waals surface area contributed by atoms with Crippen LogP contribution in [-0.2, 0) is 13.0 Å². The second-order valence-electron chi connectivity index (χ2n) is 5.36. The van der Waals surface area contributed by atoms with Gasteiger partial charge in [0.1, 0.15) is 18.2 Å². The maximum Gasteiger partial charge on any atom is 0.137 e. The summed E-state index contributed by atoms with van der Waals surface area (Å²) >= 11 is 3.19. The largest absolute Gasteiger partial charge is 0.489 e. The molecule has 0 spiro atoms.